The molecule has 1 fully saturated rings. The summed E-state index contributed by atoms with van der Waals surface area (Å²) in [5.41, 5.74) is 4.16. The molecule has 156 valence electrons. The van der Waals surface area contributed by atoms with E-state index in [0.29, 0.717) is 18.3 Å². The number of amides is 1. The minimum Gasteiger partial charge on any atom is -0.356 e. The second-order valence-electron chi connectivity index (χ2n) is 7.83. The summed E-state index contributed by atoms with van der Waals surface area (Å²) in [7, 11) is 3.81. The highest BCUT2D eigenvalue weighted by Gasteiger charge is 2.34. The first-order chi connectivity index (χ1) is 14.5. The second kappa shape index (κ2) is 8.22. The predicted octanol–water partition coefficient (Wildman–Crippen LogP) is 3.12. The molecule has 3 aromatic heterocycles. The van der Waals surface area contributed by atoms with E-state index < -0.39 is 0 Å². The van der Waals surface area contributed by atoms with E-state index in [1.54, 1.807) is 12.4 Å². The van der Waals surface area contributed by atoms with E-state index in [1.807, 2.05) is 55.9 Å². The maximum atomic E-state index is 13.1. The lowest BCUT2D eigenvalue weighted by Crippen LogP contribution is -2.33. The Morgan fingerprint density at radius 2 is 2.10 bits per heavy atom. The Balaban J connectivity index is 1.72. The third kappa shape index (κ3) is 3.77. The van der Waals surface area contributed by atoms with Gasteiger partial charge in [0, 0.05) is 44.3 Å². The van der Waals surface area contributed by atoms with Gasteiger partial charge in [-0.3, -0.25) is 9.78 Å². The first-order valence-electron chi connectivity index (χ1n) is 10.1. The highest BCUT2D eigenvalue weighted by atomic mass is 16.5. The van der Waals surface area contributed by atoms with E-state index in [1.165, 1.54) is 0 Å². The van der Waals surface area contributed by atoms with Gasteiger partial charge in [0.2, 0.25) is 11.9 Å². The molecule has 0 radical (unpaired) electrons. The summed E-state index contributed by atoms with van der Waals surface area (Å²) >= 11 is 0. The van der Waals surface area contributed by atoms with Crippen LogP contribution in [-0.4, -0.2) is 51.6 Å². The molecular weight excluding hydrogens is 380 g/mol. The Labute approximate surface area is 175 Å². The van der Waals surface area contributed by atoms with Crippen LogP contribution in [0.4, 0.5) is 5.95 Å². The van der Waals surface area contributed by atoms with Gasteiger partial charge < -0.3 is 14.3 Å². The molecule has 8 nitrogen and oxygen atoms in total. The molecule has 0 aliphatic carbocycles. The number of aryl methyl sites for hydroxylation is 1. The molecule has 0 N–H and O–H groups in total. The largest absolute Gasteiger partial charge is 0.356 e. The molecule has 30 heavy (non-hydrogen) atoms. The molecule has 0 spiro atoms. The number of carbonyl (C=O) groups is 1. The van der Waals surface area contributed by atoms with Crippen molar-refractivity contribution in [1.29, 1.82) is 0 Å². The number of nitrogens with zero attached hydrogens (tertiary/aromatic N) is 6. The molecule has 1 saturated heterocycles. The maximum Gasteiger partial charge on any atom is 0.229 e. The maximum absolute atomic E-state index is 13.1. The zero-order valence-corrected chi connectivity index (χ0v) is 17.8. The van der Waals surface area contributed by atoms with E-state index in [0.717, 1.165) is 41.1 Å². The molecule has 0 aromatic carbocycles. The van der Waals surface area contributed by atoms with Gasteiger partial charge in [-0.25, -0.2) is 9.97 Å². The molecule has 4 rings (SSSR count). The molecule has 1 atom stereocenters. The van der Waals surface area contributed by atoms with Crippen LogP contribution in [-0.2, 0) is 11.2 Å². The normalized spacial score (nSPS) is 16.1. The number of likely N-dealkylation sites (tertiary alicyclic amines) is 1. The molecule has 3 aromatic rings. The van der Waals surface area contributed by atoms with Crippen molar-refractivity contribution in [1.82, 2.24) is 25.0 Å². The highest BCUT2D eigenvalue weighted by molar-refractivity contribution is 5.79. The fourth-order valence-corrected chi connectivity index (χ4v) is 3.80. The van der Waals surface area contributed by atoms with Crippen molar-refractivity contribution in [3.8, 4) is 11.3 Å². The first-order valence-corrected chi connectivity index (χ1v) is 10.1. The van der Waals surface area contributed by atoms with Gasteiger partial charge in [-0.1, -0.05) is 11.2 Å². The van der Waals surface area contributed by atoms with E-state index in [-0.39, 0.29) is 18.4 Å². The van der Waals surface area contributed by atoms with Crippen LogP contribution in [0.3, 0.4) is 0 Å². The third-order valence-electron chi connectivity index (χ3n) is 5.55. The molecule has 0 saturated carbocycles. The zero-order chi connectivity index (χ0) is 21.3. The van der Waals surface area contributed by atoms with Crippen molar-refractivity contribution in [2.45, 2.75) is 39.2 Å². The van der Waals surface area contributed by atoms with Crippen LogP contribution in [0.2, 0.25) is 0 Å². The summed E-state index contributed by atoms with van der Waals surface area (Å²) in [6.45, 7) is 4.59. The average Bonchev–Trinajstić information content (AvgIpc) is 3.36. The number of aromatic nitrogens is 4. The lowest BCUT2D eigenvalue weighted by atomic mass is 10.0. The monoisotopic (exact) mass is 406 g/mol. The number of rotatable bonds is 5. The number of pyridine rings is 1. The minimum absolute atomic E-state index is 0.0534. The minimum atomic E-state index is -0.136. The fourth-order valence-electron chi connectivity index (χ4n) is 3.80. The molecule has 8 heteroatoms. The lowest BCUT2D eigenvalue weighted by Gasteiger charge is -2.26. The Morgan fingerprint density at radius 1 is 1.27 bits per heavy atom. The molecule has 0 bridgehead atoms. The van der Waals surface area contributed by atoms with Crippen LogP contribution in [0.5, 0.6) is 0 Å². The van der Waals surface area contributed by atoms with Gasteiger partial charge in [0.25, 0.3) is 0 Å². The molecule has 1 aliphatic heterocycles. The van der Waals surface area contributed by atoms with E-state index in [2.05, 4.69) is 15.1 Å². The fraction of sp³-hybridized carbons (Fsp3) is 0.409. The Morgan fingerprint density at radius 3 is 2.77 bits per heavy atom. The van der Waals surface area contributed by atoms with Gasteiger partial charge in [-0.05, 0) is 38.8 Å². The van der Waals surface area contributed by atoms with Crippen LogP contribution < -0.4 is 4.90 Å². The Bertz CT molecular complexity index is 1050. The predicted molar refractivity (Wildman–Crippen MR) is 113 cm³/mol. The van der Waals surface area contributed by atoms with Crippen molar-refractivity contribution >= 4 is 11.9 Å². The quantitative estimate of drug-likeness (QED) is 0.643. The van der Waals surface area contributed by atoms with E-state index in [4.69, 9.17) is 9.51 Å². The van der Waals surface area contributed by atoms with Crippen LogP contribution in [0.1, 0.15) is 41.5 Å². The van der Waals surface area contributed by atoms with Crippen molar-refractivity contribution in [3.63, 3.8) is 0 Å². The molecule has 1 amide bonds. The zero-order valence-electron chi connectivity index (χ0n) is 17.8. The molecule has 1 aliphatic rings. The number of hydrogen-bond donors (Lipinski definition) is 0. The summed E-state index contributed by atoms with van der Waals surface area (Å²) in [6.07, 6.45) is 5.54. The van der Waals surface area contributed by atoms with Crippen molar-refractivity contribution in [3.05, 3.63) is 53.2 Å². The second-order valence-corrected chi connectivity index (χ2v) is 7.83. The smallest absolute Gasteiger partial charge is 0.229 e. The van der Waals surface area contributed by atoms with Gasteiger partial charge in [0.1, 0.15) is 0 Å². The first kappa shape index (κ1) is 20.0. The van der Waals surface area contributed by atoms with Crippen molar-refractivity contribution in [2.75, 3.05) is 25.5 Å². The van der Waals surface area contributed by atoms with Gasteiger partial charge in [0.05, 0.1) is 29.4 Å². The van der Waals surface area contributed by atoms with Crippen LogP contribution >= 0.6 is 0 Å². The van der Waals surface area contributed by atoms with Gasteiger partial charge >= 0.3 is 0 Å². The van der Waals surface area contributed by atoms with E-state index >= 15 is 0 Å². The number of hydrogen-bond acceptors (Lipinski definition) is 7. The topological polar surface area (TPSA) is 88.3 Å². The molecular formula is C22H26N6O2. The van der Waals surface area contributed by atoms with Crippen molar-refractivity contribution in [2.24, 2.45) is 0 Å². The summed E-state index contributed by atoms with van der Waals surface area (Å²) in [5.74, 6) is 1.32. The van der Waals surface area contributed by atoms with E-state index in [9.17, 15) is 4.79 Å². The molecule has 0 unspecified atom stereocenters. The number of anilines is 1. The SMILES string of the molecule is Cc1noc(-c2cnc(N(C)C)nc2[C@H]2CCCN2C(=O)Cc2ccccn2)c1C. The van der Waals surface area contributed by atoms with Gasteiger partial charge in [0.15, 0.2) is 5.76 Å². The lowest BCUT2D eigenvalue weighted by molar-refractivity contribution is -0.131. The number of carbonyl (C=O) groups excluding carboxylic acids is 1. The van der Waals surface area contributed by atoms with Crippen LogP contribution in [0, 0.1) is 13.8 Å². The average molecular weight is 406 g/mol. The summed E-state index contributed by atoms with van der Waals surface area (Å²) in [4.78, 5) is 30.5. The Hall–Kier alpha value is -3.29. The third-order valence-corrected chi connectivity index (χ3v) is 5.55. The van der Waals surface area contributed by atoms with Crippen LogP contribution in [0.15, 0.2) is 35.1 Å². The van der Waals surface area contributed by atoms with Gasteiger partial charge in [-0.2, -0.15) is 0 Å². The highest BCUT2D eigenvalue weighted by Crippen LogP contribution is 2.38. The van der Waals surface area contributed by atoms with Crippen LogP contribution in [0.25, 0.3) is 11.3 Å². The van der Waals surface area contributed by atoms with Gasteiger partial charge in [-0.15, -0.1) is 0 Å². The Kier molecular flexibility index (Phi) is 5.48. The standard InChI is InChI=1S/C22H26N6O2/c1-14-15(2)26-30-21(14)17-13-24-22(27(3)4)25-20(17)18-9-7-11-28(18)19(29)12-16-8-5-6-10-23-16/h5-6,8,10,13,18H,7,9,11-12H2,1-4H3/t18-/m1/s1. The van der Waals surface area contributed by atoms with Crippen molar-refractivity contribution < 1.29 is 9.32 Å². The summed E-state index contributed by atoms with van der Waals surface area (Å²) in [5, 5.41) is 4.10. The summed E-state index contributed by atoms with van der Waals surface area (Å²) in [6, 6.07) is 5.49. The molecule has 4 heterocycles. The summed E-state index contributed by atoms with van der Waals surface area (Å²) < 4.78 is 5.62.